The number of amides is 1. The number of carbonyl (C=O) groups excluding carboxylic acids is 1. The fourth-order valence-corrected chi connectivity index (χ4v) is 4.21. The Morgan fingerprint density at radius 1 is 1.11 bits per heavy atom. The van der Waals surface area contributed by atoms with Gasteiger partial charge in [0, 0.05) is 25.5 Å². The van der Waals surface area contributed by atoms with Crippen LogP contribution in [-0.4, -0.2) is 42.5 Å². The predicted molar refractivity (Wildman–Crippen MR) is 132 cm³/mol. The Hall–Kier alpha value is -3.18. The number of ether oxygens (including phenoxy) is 1. The van der Waals surface area contributed by atoms with E-state index in [-0.39, 0.29) is 15.9 Å². The minimum atomic E-state index is -4.11. The van der Waals surface area contributed by atoms with Crippen molar-refractivity contribution in [1.82, 2.24) is 18.8 Å². The van der Waals surface area contributed by atoms with Crippen molar-refractivity contribution >= 4 is 50.2 Å². The molecule has 1 amide bonds. The summed E-state index contributed by atoms with van der Waals surface area (Å²) in [5, 5.41) is 4.90. The zero-order valence-electron chi connectivity index (χ0n) is 18.5. The molecule has 8 nitrogen and oxygen atoms in total. The van der Waals surface area contributed by atoms with Gasteiger partial charge >= 0.3 is 10.2 Å². The molecule has 4 rings (SSSR count). The van der Waals surface area contributed by atoms with E-state index in [9.17, 15) is 17.6 Å². The highest BCUT2D eigenvalue weighted by atomic mass is 35.5. The molecule has 182 valence electrons. The van der Waals surface area contributed by atoms with Crippen LogP contribution < -0.4 is 9.46 Å². The first-order valence-electron chi connectivity index (χ1n) is 10.2. The zero-order chi connectivity index (χ0) is 25.3. The molecule has 1 heterocycles. The number of nitrogens with one attached hydrogen (secondary N) is 1. The smallest absolute Gasteiger partial charge is 0.303 e. The fraction of sp³-hybridized carbons (Fsp3) is 0.130. The zero-order valence-corrected chi connectivity index (χ0v) is 20.8. The Morgan fingerprint density at radius 2 is 1.83 bits per heavy atom. The van der Waals surface area contributed by atoms with Crippen LogP contribution in [0.4, 0.5) is 4.39 Å². The molecule has 0 unspecified atom stereocenters. The van der Waals surface area contributed by atoms with Gasteiger partial charge in [0.1, 0.15) is 18.2 Å². The third-order valence-corrected chi connectivity index (χ3v) is 7.05. The first kappa shape index (κ1) is 24.9. The third kappa shape index (κ3) is 5.25. The van der Waals surface area contributed by atoms with Crippen LogP contribution in [0, 0.1) is 5.82 Å². The van der Waals surface area contributed by atoms with Crippen LogP contribution in [0.2, 0.25) is 10.2 Å². The molecule has 1 N–H and O–H groups in total. The summed E-state index contributed by atoms with van der Waals surface area (Å²) in [4.78, 5) is 12.3. The first-order chi connectivity index (χ1) is 16.6. The van der Waals surface area contributed by atoms with Crippen molar-refractivity contribution in [2.45, 2.75) is 6.61 Å². The van der Waals surface area contributed by atoms with Crippen LogP contribution in [0.3, 0.4) is 0 Å². The van der Waals surface area contributed by atoms with Gasteiger partial charge in [0.2, 0.25) is 0 Å². The standard InChI is InChI=1S/C23H19Cl2FN4O4S/c1-29(2)35(32,33)28-23(31)16-11-18(24)21(12-19(16)26)30-20-9-8-15(10-17(20)22(25)27-30)34-13-14-6-4-3-5-7-14/h3-12H,13H2,1-2H3,(H,28,31). The summed E-state index contributed by atoms with van der Waals surface area (Å²) in [5.41, 5.74) is 1.10. The van der Waals surface area contributed by atoms with Crippen molar-refractivity contribution in [3.05, 3.63) is 87.8 Å². The van der Waals surface area contributed by atoms with E-state index in [2.05, 4.69) is 5.10 Å². The summed E-state index contributed by atoms with van der Waals surface area (Å²) in [7, 11) is -1.65. The predicted octanol–water partition coefficient (Wildman–Crippen LogP) is 4.59. The summed E-state index contributed by atoms with van der Waals surface area (Å²) in [5.74, 6) is -1.58. The molecular formula is C23H19Cl2FN4O4S. The maximum Gasteiger partial charge on any atom is 0.303 e. The van der Waals surface area contributed by atoms with Crippen molar-refractivity contribution in [2.75, 3.05) is 14.1 Å². The van der Waals surface area contributed by atoms with Crippen molar-refractivity contribution in [3.63, 3.8) is 0 Å². The lowest BCUT2D eigenvalue weighted by atomic mass is 10.1. The van der Waals surface area contributed by atoms with Crippen LogP contribution in [0.5, 0.6) is 5.75 Å². The maximum atomic E-state index is 14.9. The molecule has 0 saturated heterocycles. The van der Waals surface area contributed by atoms with E-state index < -0.39 is 27.5 Å². The molecule has 0 spiro atoms. The number of nitrogens with zero attached hydrogens (tertiary/aromatic N) is 3. The highest BCUT2D eigenvalue weighted by Crippen LogP contribution is 2.32. The Labute approximate surface area is 211 Å². The van der Waals surface area contributed by atoms with Gasteiger partial charge in [0.25, 0.3) is 5.91 Å². The number of halogens is 3. The molecule has 0 aliphatic rings. The molecule has 0 saturated carbocycles. The molecule has 0 fully saturated rings. The van der Waals surface area contributed by atoms with Crippen molar-refractivity contribution in [2.24, 2.45) is 0 Å². The molecule has 0 aliphatic carbocycles. The molecule has 3 aromatic carbocycles. The molecule has 0 atom stereocenters. The van der Waals surface area contributed by atoms with Gasteiger partial charge in [-0.25, -0.2) is 13.8 Å². The number of benzene rings is 3. The number of hydrogen-bond donors (Lipinski definition) is 1. The van der Waals surface area contributed by atoms with Gasteiger partial charge in [-0.05, 0) is 29.8 Å². The number of hydrogen-bond acceptors (Lipinski definition) is 5. The van der Waals surface area contributed by atoms with Crippen molar-refractivity contribution in [1.29, 1.82) is 0 Å². The second-order valence-electron chi connectivity index (χ2n) is 7.66. The van der Waals surface area contributed by atoms with E-state index in [1.807, 2.05) is 30.3 Å². The van der Waals surface area contributed by atoms with Crippen LogP contribution in [0.25, 0.3) is 16.6 Å². The Bertz CT molecular complexity index is 1530. The lowest BCUT2D eigenvalue weighted by Crippen LogP contribution is -2.39. The third-order valence-electron chi connectivity index (χ3n) is 5.07. The molecule has 12 heteroatoms. The number of rotatable bonds is 7. The minimum absolute atomic E-state index is 0.0377. The quantitative estimate of drug-likeness (QED) is 0.373. The average molecular weight is 537 g/mol. The first-order valence-corrected chi connectivity index (χ1v) is 12.4. The number of aromatic nitrogens is 2. The number of fused-ring (bicyclic) bond motifs is 1. The molecule has 0 bridgehead atoms. The van der Waals surface area contributed by atoms with E-state index >= 15 is 0 Å². The molecule has 4 aromatic rings. The van der Waals surface area contributed by atoms with E-state index in [0.717, 1.165) is 22.0 Å². The van der Waals surface area contributed by atoms with Gasteiger partial charge in [0.05, 0.1) is 21.8 Å². The fourth-order valence-electron chi connectivity index (χ4n) is 3.21. The Morgan fingerprint density at radius 3 is 2.51 bits per heavy atom. The van der Waals surface area contributed by atoms with Crippen molar-refractivity contribution < 1.29 is 22.3 Å². The second kappa shape index (κ2) is 9.82. The summed E-state index contributed by atoms with van der Waals surface area (Å²) < 4.78 is 48.4. The van der Waals surface area contributed by atoms with Crippen LogP contribution >= 0.6 is 23.2 Å². The lowest BCUT2D eigenvalue weighted by Gasteiger charge is -2.14. The van der Waals surface area contributed by atoms with Gasteiger partial charge in [-0.1, -0.05) is 53.5 Å². The SMILES string of the molecule is CN(C)S(=O)(=O)NC(=O)c1cc(Cl)c(-n2nc(Cl)c3cc(OCc4ccccc4)ccc32)cc1F. The highest BCUT2D eigenvalue weighted by molar-refractivity contribution is 7.87. The molecule has 0 radical (unpaired) electrons. The second-order valence-corrected chi connectivity index (χ2v) is 10.3. The van der Waals surface area contributed by atoms with Crippen LogP contribution in [0.15, 0.2) is 60.7 Å². The van der Waals surface area contributed by atoms with E-state index in [4.69, 9.17) is 27.9 Å². The van der Waals surface area contributed by atoms with Gasteiger partial charge < -0.3 is 4.74 Å². The topological polar surface area (TPSA) is 93.5 Å². The van der Waals surface area contributed by atoms with Gasteiger partial charge in [-0.3, -0.25) is 4.79 Å². The Balaban J connectivity index is 1.65. The summed E-state index contributed by atoms with van der Waals surface area (Å²) in [6.45, 7) is 0.363. The average Bonchev–Trinajstić information content (AvgIpc) is 3.14. The van der Waals surface area contributed by atoms with Crippen molar-refractivity contribution in [3.8, 4) is 11.4 Å². The van der Waals surface area contributed by atoms with Gasteiger partial charge in [-0.15, -0.1) is 0 Å². The van der Waals surface area contributed by atoms with E-state index in [0.29, 0.717) is 23.3 Å². The van der Waals surface area contributed by atoms with Crippen LogP contribution in [-0.2, 0) is 16.8 Å². The summed E-state index contributed by atoms with van der Waals surface area (Å²) >= 11 is 12.7. The maximum absolute atomic E-state index is 14.9. The minimum Gasteiger partial charge on any atom is -0.489 e. The monoisotopic (exact) mass is 536 g/mol. The van der Waals surface area contributed by atoms with Gasteiger partial charge in [-0.2, -0.15) is 17.8 Å². The van der Waals surface area contributed by atoms with Gasteiger partial charge in [0.15, 0.2) is 5.15 Å². The largest absolute Gasteiger partial charge is 0.489 e. The van der Waals surface area contributed by atoms with Crippen LogP contribution in [0.1, 0.15) is 15.9 Å². The Kier molecular flexibility index (Phi) is 7.00. The lowest BCUT2D eigenvalue weighted by molar-refractivity contribution is 0.0976. The molecule has 0 aliphatic heterocycles. The molecular weight excluding hydrogens is 518 g/mol. The summed E-state index contributed by atoms with van der Waals surface area (Å²) in [6.07, 6.45) is 0. The molecule has 1 aromatic heterocycles. The summed E-state index contributed by atoms with van der Waals surface area (Å²) in [6, 6.07) is 16.8. The van der Waals surface area contributed by atoms with E-state index in [1.54, 1.807) is 22.9 Å². The highest BCUT2D eigenvalue weighted by Gasteiger charge is 2.23. The normalized spacial score (nSPS) is 11.7. The molecule has 35 heavy (non-hydrogen) atoms. The van der Waals surface area contributed by atoms with E-state index in [1.165, 1.54) is 18.8 Å². The number of carbonyl (C=O) groups is 1.